The second-order valence-corrected chi connectivity index (χ2v) is 7.96. The van der Waals surface area contributed by atoms with Gasteiger partial charge in [-0.05, 0) is 36.8 Å². The van der Waals surface area contributed by atoms with Crippen LogP contribution in [-0.2, 0) is 13.0 Å². The molecule has 2 aromatic carbocycles. The zero-order valence-electron chi connectivity index (χ0n) is 16.7. The lowest BCUT2D eigenvalue weighted by molar-refractivity contribution is 0.207. The van der Waals surface area contributed by atoms with Gasteiger partial charge in [-0.15, -0.1) is 11.3 Å². The van der Waals surface area contributed by atoms with E-state index < -0.39 is 0 Å². The maximum atomic E-state index is 12.7. The summed E-state index contributed by atoms with van der Waals surface area (Å²) in [7, 11) is 3.25. The summed E-state index contributed by atoms with van der Waals surface area (Å²) in [6.45, 7) is 3.21. The highest BCUT2D eigenvalue weighted by Gasteiger charge is 2.25. The highest BCUT2D eigenvalue weighted by Crippen LogP contribution is 2.36. The predicted molar refractivity (Wildman–Crippen MR) is 115 cm³/mol. The lowest BCUT2D eigenvalue weighted by atomic mass is 10.1. The Kier molecular flexibility index (Phi) is 5.40. The highest BCUT2D eigenvalue weighted by atomic mass is 32.1. The van der Waals surface area contributed by atoms with Gasteiger partial charge in [-0.25, -0.2) is 9.78 Å². The van der Waals surface area contributed by atoms with E-state index in [1.165, 1.54) is 0 Å². The Bertz CT molecular complexity index is 1050. The number of nitrogens with zero attached hydrogens (tertiary/aromatic N) is 2. The SMILES string of the molecule is COc1ccc(-c2nc3c(s2)CN(C(=O)Nc2ccccc2C)CC3)cc1OC. The molecular weight excluding hydrogens is 386 g/mol. The first-order valence-corrected chi connectivity index (χ1v) is 10.2. The molecule has 0 unspecified atom stereocenters. The molecule has 7 heteroatoms. The Balaban J connectivity index is 1.52. The van der Waals surface area contributed by atoms with Crippen LogP contribution in [0.5, 0.6) is 11.5 Å². The first-order chi connectivity index (χ1) is 14.1. The van der Waals surface area contributed by atoms with E-state index in [1.807, 2.05) is 54.3 Å². The minimum atomic E-state index is -0.0778. The molecule has 2 amide bonds. The van der Waals surface area contributed by atoms with Crippen LogP contribution in [0.2, 0.25) is 0 Å². The number of fused-ring (bicyclic) bond motifs is 1. The molecule has 0 atom stereocenters. The van der Waals surface area contributed by atoms with Gasteiger partial charge in [-0.1, -0.05) is 18.2 Å². The molecule has 1 aromatic heterocycles. The average Bonchev–Trinajstić information content (AvgIpc) is 3.18. The molecule has 4 rings (SSSR count). The lowest BCUT2D eigenvalue weighted by Crippen LogP contribution is -2.38. The van der Waals surface area contributed by atoms with Crippen molar-refractivity contribution in [2.75, 3.05) is 26.1 Å². The molecule has 0 aliphatic carbocycles. The maximum absolute atomic E-state index is 12.7. The van der Waals surface area contributed by atoms with Gasteiger partial charge in [0.05, 0.1) is 26.5 Å². The van der Waals surface area contributed by atoms with Crippen molar-refractivity contribution in [2.24, 2.45) is 0 Å². The minimum Gasteiger partial charge on any atom is -0.493 e. The molecule has 3 aromatic rings. The van der Waals surface area contributed by atoms with Gasteiger partial charge < -0.3 is 19.7 Å². The number of para-hydroxylation sites is 1. The molecule has 0 fully saturated rings. The molecule has 0 radical (unpaired) electrons. The number of thiazole rings is 1. The fourth-order valence-corrected chi connectivity index (χ4v) is 4.49. The standard InChI is InChI=1S/C22H23N3O3S/c1-14-6-4-5-7-16(14)24-22(26)25-11-10-17-20(13-25)29-21(23-17)15-8-9-18(27-2)19(12-15)28-3/h4-9,12H,10-11,13H2,1-3H3,(H,24,26). The van der Waals surface area contributed by atoms with Gasteiger partial charge in [-0.2, -0.15) is 0 Å². The van der Waals surface area contributed by atoms with E-state index in [1.54, 1.807) is 25.6 Å². The largest absolute Gasteiger partial charge is 0.493 e. The monoisotopic (exact) mass is 409 g/mol. The van der Waals surface area contributed by atoms with Gasteiger partial charge in [0.2, 0.25) is 0 Å². The van der Waals surface area contributed by atoms with E-state index in [9.17, 15) is 4.79 Å². The minimum absolute atomic E-state index is 0.0778. The number of ether oxygens (including phenoxy) is 2. The Hall–Kier alpha value is -3.06. The van der Waals surface area contributed by atoms with Gasteiger partial charge in [0, 0.05) is 29.1 Å². The third kappa shape index (κ3) is 3.91. The number of aromatic nitrogens is 1. The molecule has 150 valence electrons. The molecule has 0 saturated heterocycles. The van der Waals surface area contributed by atoms with Crippen molar-refractivity contribution < 1.29 is 14.3 Å². The number of aryl methyl sites for hydroxylation is 1. The fourth-order valence-electron chi connectivity index (χ4n) is 3.37. The van der Waals surface area contributed by atoms with Crippen molar-refractivity contribution in [2.45, 2.75) is 19.9 Å². The number of amides is 2. The number of carbonyl (C=O) groups excluding carboxylic acids is 1. The Morgan fingerprint density at radius 1 is 1.14 bits per heavy atom. The second-order valence-electron chi connectivity index (χ2n) is 6.88. The van der Waals surface area contributed by atoms with Crippen molar-refractivity contribution in [3.63, 3.8) is 0 Å². The summed E-state index contributed by atoms with van der Waals surface area (Å²) in [5.41, 5.74) is 3.95. The molecule has 2 heterocycles. The number of hydrogen-bond donors (Lipinski definition) is 1. The predicted octanol–water partition coefficient (Wildman–Crippen LogP) is 4.73. The van der Waals surface area contributed by atoms with E-state index in [0.717, 1.165) is 38.8 Å². The zero-order valence-corrected chi connectivity index (χ0v) is 17.5. The maximum Gasteiger partial charge on any atom is 0.322 e. The normalized spacial score (nSPS) is 13.0. The molecular formula is C22H23N3O3S. The molecule has 0 bridgehead atoms. The Labute approximate surface area is 174 Å². The van der Waals surface area contributed by atoms with Crippen LogP contribution in [-0.4, -0.2) is 36.7 Å². The summed E-state index contributed by atoms with van der Waals surface area (Å²) in [5, 5.41) is 3.95. The number of methoxy groups -OCH3 is 2. The van der Waals surface area contributed by atoms with Crippen molar-refractivity contribution in [3.8, 4) is 22.1 Å². The van der Waals surface area contributed by atoms with Gasteiger partial charge >= 0.3 is 6.03 Å². The quantitative estimate of drug-likeness (QED) is 0.677. The summed E-state index contributed by atoms with van der Waals surface area (Å²) in [5.74, 6) is 1.37. The summed E-state index contributed by atoms with van der Waals surface area (Å²) in [4.78, 5) is 20.5. The topological polar surface area (TPSA) is 63.7 Å². The molecule has 0 spiro atoms. The van der Waals surface area contributed by atoms with Crippen LogP contribution >= 0.6 is 11.3 Å². The van der Waals surface area contributed by atoms with Crippen LogP contribution in [0.4, 0.5) is 10.5 Å². The smallest absolute Gasteiger partial charge is 0.322 e. The van der Waals surface area contributed by atoms with Crippen LogP contribution < -0.4 is 14.8 Å². The third-order valence-electron chi connectivity index (χ3n) is 5.04. The molecule has 6 nitrogen and oxygen atoms in total. The second kappa shape index (κ2) is 8.13. The summed E-state index contributed by atoms with van der Waals surface area (Å²) in [6, 6.07) is 13.5. The van der Waals surface area contributed by atoms with Gasteiger partial charge in [-0.3, -0.25) is 0 Å². The number of hydrogen-bond acceptors (Lipinski definition) is 5. The van der Waals surface area contributed by atoms with Gasteiger partial charge in [0.1, 0.15) is 5.01 Å². The first kappa shape index (κ1) is 19.3. The molecule has 0 saturated carbocycles. The molecule has 29 heavy (non-hydrogen) atoms. The Morgan fingerprint density at radius 2 is 1.93 bits per heavy atom. The van der Waals surface area contributed by atoms with Gasteiger partial charge in [0.25, 0.3) is 0 Å². The number of nitrogens with one attached hydrogen (secondary N) is 1. The highest BCUT2D eigenvalue weighted by molar-refractivity contribution is 7.15. The first-order valence-electron chi connectivity index (χ1n) is 9.41. The van der Waals surface area contributed by atoms with Crippen molar-refractivity contribution in [1.82, 2.24) is 9.88 Å². The summed E-state index contributed by atoms with van der Waals surface area (Å²) >= 11 is 1.62. The Morgan fingerprint density at radius 3 is 2.69 bits per heavy atom. The van der Waals surface area contributed by atoms with E-state index in [0.29, 0.717) is 24.6 Å². The summed E-state index contributed by atoms with van der Waals surface area (Å²) in [6.07, 6.45) is 0.750. The van der Waals surface area contributed by atoms with Gasteiger partial charge in [0.15, 0.2) is 11.5 Å². The third-order valence-corrected chi connectivity index (χ3v) is 6.17. The zero-order chi connectivity index (χ0) is 20.4. The van der Waals surface area contributed by atoms with Crippen LogP contribution in [0.3, 0.4) is 0 Å². The van der Waals surface area contributed by atoms with Crippen molar-refractivity contribution >= 4 is 23.1 Å². The van der Waals surface area contributed by atoms with E-state index >= 15 is 0 Å². The van der Waals surface area contributed by atoms with Crippen LogP contribution in [0.25, 0.3) is 10.6 Å². The molecule has 1 aliphatic rings. The summed E-state index contributed by atoms with van der Waals surface area (Å²) < 4.78 is 10.7. The number of urea groups is 1. The van der Waals surface area contributed by atoms with Crippen molar-refractivity contribution in [3.05, 3.63) is 58.6 Å². The van der Waals surface area contributed by atoms with Crippen LogP contribution in [0.1, 0.15) is 16.1 Å². The molecule has 1 N–H and O–H groups in total. The lowest BCUT2D eigenvalue weighted by Gasteiger charge is -2.26. The fraction of sp³-hybridized carbons (Fsp3) is 0.273. The van der Waals surface area contributed by atoms with Crippen molar-refractivity contribution in [1.29, 1.82) is 0 Å². The average molecular weight is 410 g/mol. The number of benzene rings is 2. The molecule has 1 aliphatic heterocycles. The van der Waals surface area contributed by atoms with E-state index in [-0.39, 0.29) is 6.03 Å². The number of carbonyl (C=O) groups is 1. The van der Waals surface area contributed by atoms with E-state index in [2.05, 4.69) is 5.32 Å². The van der Waals surface area contributed by atoms with E-state index in [4.69, 9.17) is 14.5 Å². The number of rotatable bonds is 4. The number of anilines is 1. The van der Waals surface area contributed by atoms with Crippen LogP contribution in [0.15, 0.2) is 42.5 Å². The van der Waals surface area contributed by atoms with Crippen LogP contribution in [0, 0.1) is 6.92 Å².